The fraction of sp³-hybridized carbons (Fsp3) is 0.348. The molecular formula is C23H24NO6+. The Morgan fingerprint density at radius 1 is 1.20 bits per heavy atom. The number of nitrogens with one attached hydrogen (secondary N) is 1. The molecule has 0 bridgehead atoms. The molecule has 0 aliphatic carbocycles. The largest absolute Gasteiger partial charge is 0.493 e. The quantitative estimate of drug-likeness (QED) is 0.594. The Balaban J connectivity index is 1.57. The molecule has 156 valence electrons. The molecular weight excluding hydrogens is 386 g/mol. The fourth-order valence-electron chi connectivity index (χ4n) is 3.86. The minimum Gasteiger partial charge on any atom is -0.493 e. The SMILES string of the molecule is COc1cc(C=O)ccc1OCC#C[C@@H]1c2c(cc3c(c2OC)OCO3)CC[NH+]1C. The van der Waals surface area contributed by atoms with Crippen molar-refractivity contribution in [1.29, 1.82) is 0 Å². The summed E-state index contributed by atoms with van der Waals surface area (Å²) in [6.45, 7) is 1.35. The first-order valence-corrected chi connectivity index (χ1v) is 9.72. The topological polar surface area (TPSA) is 67.7 Å². The highest BCUT2D eigenvalue weighted by Gasteiger charge is 2.35. The lowest BCUT2D eigenvalue weighted by atomic mass is 9.91. The lowest BCUT2D eigenvalue weighted by Crippen LogP contribution is -3.10. The molecule has 1 N–H and O–H groups in total. The van der Waals surface area contributed by atoms with Crippen LogP contribution in [0, 0.1) is 11.8 Å². The molecule has 0 saturated heterocycles. The highest BCUT2D eigenvalue weighted by molar-refractivity contribution is 5.76. The van der Waals surface area contributed by atoms with Crippen LogP contribution < -0.4 is 28.6 Å². The van der Waals surface area contributed by atoms with Gasteiger partial charge in [-0.05, 0) is 35.7 Å². The summed E-state index contributed by atoms with van der Waals surface area (Å²) in [6.07, 6.45) is 1.69. The average Bonchev–Trinajstić information content (AvgIpc) is 3.24. The second-order valence-corrected chi connectivity index (χ2v) is 7.13. The number of carbonyl (C=O) groups is 1. The van der Waals surface area contributed by atoms with E-state index in [0.29, 0.717) is 28.6 Å². The van der Waals surface area contributed by atoms with Crippen molar-refractivity contribution in [3.8, 4) is 40.6 Å². The van der Waals surface area contributed by atoms with Crippen LogP contribution in [0.3, 0.4) is 0 Å². The van der Waals surface area contributed by atoms with Crippen LogP contribution in [0.1, 0.15) is 27.5 Å². The van der Waals surface area contributed by atoms with Gasteiger partial charge in [-0.2, -0.15) is 0 Å². The smallest absolute Gasteiger partial charge is 0.231 e. The molecule has 0 fully saturated rings. The third-order valence-corrected chi connectivity index (χ3v) is 5.39. The molecule has 1 unspecified atom stereocenters. The minimum atomic E-state index is -0.0684. The maximum absolute atomic E-state index is 10.9. The summed E-state index contributed by atoms with van der Waals surface area (Å²) in [5.41, 5.74) is 2.75. The summed E-state index contributed by atoms with van der Waals surface area (Å²) in [5.74, 6) is 9.59. The van der Waals surface area contributed by atoms with E-state index in [1.165, 1.54) is 17.6 Å². The van der Waals surface area contributed by atoms with E-state index in [9.17, 15) is 4.79 Å². The lowest BCUT2D eigenvalue weighted by Gasteiger charge is -2.30. The van der Waals surface area contributed by atoms with Gasteiger partial charge in [-0.25, -0.2) is 0 Å². The van der Waals surface area contributed by atoms with Gasteiger partial charge in [-0.3, -0.25) is 4.79 Å². The van der Waals surface area contributed by atoms with Crippen molar-refractivity contribution in [2.75, 3.05) is 41.2 Å². The molecule has 7 heteroatoms. The van der Waals surface area contributed by atoms with Crippen molar-refractivity contribution < 1.29 is 33.4 Å². The average molecular weight is 410 g/mol. The minimum absolute atomic E-state index is 0.0684. The summed E-state index contributed by atoms with van der Waals surface area (Å²) in [6, 6.07) is 7.00. The second kappa shape index (κ2) is 8.56. The summed E-state index contributed by atoms with van der Waals surface area (Å²) in [5, 5.41) is 0. The number of rotatable bonds is 5. The van der Waals surface area contributed by atoms with Crippen LogP contribution in [0.5, 0.6) is 28.7 Å². The second-order valence-electron chi connectivity index (χ2n) is 7.13. The molecule has 30 heavy (non-hydrogen) atoms. The number of carbonyl (C=O) groups excluding carboxylic acids is 1. The molecule has 2 atom stereocenters. The zero-order valence-electron chi connectivity index (χ0n) is 17.2. The van der Waals surface area contributed by atoms with Crippen LogP contribution in [-0.4, -0.2) is 47.5 Å². The van der Waals surface area contributed by atoms with Gasteiger partial charge < -0.3 is 28.6 Å². The molecule has 7 nitrogen and oxygen atoms in total. The van der Waals surface area contributed by atoms with E-state index in [1.54, 1.807) is 25.3 Å². The number of benzene rings is 2. The van der Waals surface area contributed by atoms with Crippen molar-refractivity contribution >= 4 is 6.29 Å². The van der Waals surface area contributed by atoms with Crippen molar-refractivity contribution in [2.45, 2.75) is 12.5 Å². The van der Waals surface area contributed by atoms with Crippen LogP contribution in [0.25, 0.3) is 0 Å². The van der Waals surface area contributed by atoms with E-state index in [0.717, 1.165) is 30.6 Å². The maximum Gasteiger partial charge on any atom is 0.231 e. The van der Waals surface area contributed by atoms with Gasteiger partial charge in [0.1, 0.15) is 12.9 Å². The summed E-state index contributed by atoms with van der Waals surface area (Å²) >= 11 is 0. The molecule has 2 aliphatic heterocycles. The van der Waals surface area contributed by atoms with Gasteiger partial charge in [0.2, 0.25) is 12.5 Å². The third-order valence-electron chi connectivity index (χ3n) is 5.39. The highest BCUT2D eigenvalue weighted by atomic mass is 16.7. The van der Waals surface area contributed by atoms with Crippen LogP contribution in [0.2, 0.25) is 0 Å². The highest BCUT2D eigenvalue weighted by Crippen LogP contribution is 2.47. The molecule has 0 amide bonds. The predicted molar refractivity (Wildman–Crippen MR) is 109 cm³/mol. The Hall–Kier alpha value is -3.37. The van der Waals surface area contributed by atoms with Crippen molar-refractivity contribution in [2.24, 2.45) is 0 Å². The molecule has 0 saturated carbocycles. The van der Waals surface area contributed by atoms with Crippen molar-refractivity contribution in [3.05, 3.63) is 41.0 Å². The molecule has 0 aromatic heterocycles. The van der Waals surface area contributed by atoms with Gasteiger partial charge >= 0.3 is 0 Å². The molecule has 0 radical (unpaired) electrons. The first-order chi connectivity index (χ1) is 14.7. The fourth-order valence-corrected chi connectivity index (χ4v) is 3.86. The van der Waals surface area contributed by atoms with Gasteiger partial charge in [0.05, 0.1) is 33.4 Å². The number of fused-ring (bicyclic) bond motifs is 2. The van der Waals surface area contributed by atoms with Crippen LogP contribution in [0.4, 0.5) is 0 Å². The molecule has 0 spiro atoms. The zero-order valence-corrected chi connectivity index (χ0v) is 17.2. The van der Waals surface area contributed by atoms with Crippen molar-refractivity contribution in [3.63, 3.8) is 0 Å². The van der Waals surface area contributed by atoms with Gasteiger partial charge in [-0.1, -0.05) is 5.92 Å². The Morgan fingerprint density at radius 3 is 2.83 bits per heavy atom. The molecule has 2 heterocycles. The summed E-state index contributed by atoms with van der Waals surface area (Å²) in [7, 11) is 5.30. The molecule has 2 aliphatic rings. The number of quaternary nitrogens is 1. The van der Waals surface area contributed by atoms with E-state index in [4.69, 9.17) is 23.7 Å². The van der Waals surface area contributed by atoms with Gasteiger partial charge in [-0.15, -0.1) is 0 Å². The number of ether oxygens (including phenoxy) is 5. The van der Waals surface area contributed by atoms with E-state index in [2.05, 4.69) is 18.9 Å². The Bertz CT molecular complexity index is 1020. The van der Waals surface area contributed by atoms with E-state index in [-0.39, 0.29) is 19.4 Å². The number of methoxy groups -OCH3 is 2. The number of hydrogen-bond acceptors (Lipinski definition) is 6. The first kappa shape index (κ1) is 19.9. The predicted octanol–water partition coefficient (Wildman–Crippen LogP) is 1.44. The Morgan fingerprint density at radius 2 is 2.07 bits per heavy atom. The molecule has 4 rings (SSSR count). The lowest BCUT2D eigenvalue weighted by molar-refractivity contribution is -0.905. The van der Waals surface area contributed by atoms with E-state index < -0.39 is 0 Å². The Kier molecular flexibility index (Phi) is 5.68. The van der Waals surface area contributed by atoms with Crippen molar-refractivity contribution in [1.82, 2.24) is 0 Å². The van der Waals surface area contributed by atoms with Gasteiger partial charge in [0.15, 0.2) is 29.0 Å². The zero-order chi connectivity index (χ0) is 21.1. The van der Waals surface area contributed by atoms with Crippen LogP contribution in [-0.2, 0) is 6.42 Å². The normalized spacial score (nSPS) is 18.6. The van der Waals surface area contributed by atoms with Crippen LogP contribution >= 0.6 is 0 Å². The monoisotopic (exact) mass is 410 g/mol. The van der Waals surface area contributed by atoms with Crippen LogP contribution in [0.15, 0.2) is 24.3 Å². The van der Waals surface area contributed by atoms with E-state index in [1.807, 2.05) is 6.07 Å². The molecule has 2 aromatic rings. The summed E-state index contributed by atoms with van der Waals surface area (Å²) in [4.78, 5) is 12.2. The standard InChI is InChI=1S/C23H23NO6/c1-24-9-8-16-12-20-22(30-14-29-20)23(27-3)21(16)17(24)5-4-10-28-18-7-6-15(13-25)11-19(18)26-2/h6-7,11-13,17H,8-10,14H2,1-3H3/p+1/t17-/m1/s1. The van der Waals surface area contributed by atoms with Gasteiger partial charge in [0.25, 0.3) is 0 Å². The maximum atomic E-state index is 10.9. The number of aldehydes is 1. The first-order valence-electron chi connectivity index (χ1n) is 9.72. The number of likely N-dealkylation sites (N-methyl/N-ethyl adjacent to an activating group) is 1. The van der Waals surface area contributed by atoms with E-state index >= 15 is 0 Å². The Labute approximate surface area is 175 Å². The van der Waals surface area contributed by atoms with Gasteiger partial charge in [0, 0.05) is 12.0 Å². The third kappa shape index (κ3) is 3.62. The molecule has 2 aromatic carbocycles. The number of hydrogen-bond donors (Lipinski definition) is 1. The summed E-state index contributed by atoms with van der Waals surface area (Å²) < 4.78 is 28.0.